The van der Waals surface area contributed by atoms with Crippen LogP contribution < -0.4 is 5.32 Å². The molecule has 0 aliphatic heterocycles. The zero-order valence-electron chi connectivity index (χ0n) is 12.4. The summed E-state index contributed by atoms with van der Waals surface area (Å²) in [5.74, 6) is -1.69. The summed E-state index contributed by atoms with van der Waals surface area (Å²) >= 11 is 7.66. The fourth-order valence-electron chi connectivity index (χ4n) is 1.90. The number of ether oxygens (including phenoxy) is 1. The third kappa shape index (κ3) is 5.08. The molecule has 25 heavy (non-hydrogen) atoms. The van der Waals surface area contributed by atoms with Crippen LogP contribution in [0.2, 0.25) is 5.02 Å². The maximum Gasteiger partial charge on any atom is 0.418 e. The number of hydrogen-bond donors (Lipinski definition) is 1. The molecule has 2 aromatic carbocycles. The second kappa shape index (κ2) is 8.05. The Morgan fingerprint density at radius 2 is 1.80 bits per heavy atom. The molecule has 0 saturated heterocycles. The highest BCUT2D eigenvalue weighted by Gasteiger charge is 2.34. The molecule has 2 rings (SSSR count). The molecular weight excluding hydrogens is 474 g/mol. The summed E-state index contributed by atoms with van der Waals surface area (Å²) in [6, 6.07) is 9.66. The van der Waals surface area contributed by atoms with E-state index in [1.807, 2.05) is 27.9 Å². The van der Waals surface area contributed by atoms with Crippen molar-refractivity contribution in [2.45, 2.75) is 6.18 Å². The molecule has 0 aliphatic carbocycles. The Balaban J connectivity index is 2.07. The zero-order chi connectivity index (χ0) is 18.6. The van der Waals surface area contributed by atoms with E-state index in [4.69, 9.17) is 16.3 Å². The number of alkyl halides is 3. The number of rotatable bonds is 4. The average Bonchev–Trinajstić information content (AvgIpc) is 2.54. The van der Waals surface area contributed by atoms with Crippen LogP contribution in [-0.4, -0.2) is 18.5 Å². The second-order valence-electron chi connectivity index (χ2n) is 4.76. The van der Waals surface area contributed by atoms with Gasteiger partial charge in [-0.1, -0.05) is 29.8 Å². The van der Waals surface area contributed by atoms with Gasteiger partial charge in [0.1, 0.15) is 0 Å². The lowest BCUT2D eigenvalue weighted by atomic mass is 10.1. The highest BCUT2D eigenvalue weighted by Crippen LogP contribution is 2.38. The molecule has 0 spiro atoms. The monoisotopic (exact) mass is 483 g/mol. The summed E-state index contributed by atoms with van der Waals surface area (Å²) in [6.07, 6.45) is -4.69. The molecule has 0 saturated carbocycles. The second-order valence-corrected chi connectivity index (χ2v) is 6.33. The topological polar surface area (TPSA) is 55.4 Å². The third-order valence-corrected chi connectivity index (χ3v) is 4.27. The van der Waals surface area contributed by atoms with E-state index in [9.17, 15) is 22.8 Å². The fourth-order valence-corrected chi connectivity index (χ4v) is 2.73. The van der Waals surface area contributed by atoms with Crippen molar-refractivity contribution in [2.75, 3.05) is 11.9 Å². The molecule has 0 fully saturated rings. The van der Waals surface area contributed by atoms with Crippen LogP contribution in [0.25, 0.3) is 0 Å². The van der Waals surface area contributed by atoms with Gasteiger partial charge in [0.2, 0.25) is 0 Å². The molecule has 1 amide bonds. The average molecular weight is 484 g/mol. The number of esters is 1. The van der Waals surface area contributed by atoms with Crippen LogP contribution in [0.3, 0.4) is 0 Å². The number of halogens is 5. The van der Waals surface area contributed by atoms with Crippen molar-refractivity contribution >= 4 is 51.8 Å². The van der Waals surface area contributed by atoms with Gasteiger partial charge in [0, 0.05) is 3.57 Å². The third-order valence-electron chi connectivity index (χ3n) is 3.01. The standard InChI is InChI=1S/C16H10ClF3INO3/c17-11-6-3-5-10(16(18,19)20)14(11)22-13(23)8-25-15(24)9-4-1-2-7-12(9)21/h1-7H,8H2,(H,22,23). The van der Waals surface area contributed by atoms with Gasteiger partial charge in [-0.05, 0) is 46.9 Å². The Labute approximate surface area is 159 Å². The molecule has 132 valence electrons. The minimum absolute atomic E-state index is 0.254. The smallest absolute Gasteiger partial charge is 0.418 e. The van der Waals surface area contributed by atoms with Crippen LogP contribution in [0, 0.1) is 3.57 Å². The fraction of sp³-hybridized carbons (Fsp3) is 0.125. The van der Waals surface area contributed by atoms with Crippen LogP contribution >= 0.6 is 34.2 Å². The molecule has 0 aromatic heterocycles. The molecule has 0 heterocycles. The minimum Gasteiger partial charge on any atom is -0.452 e. The van der Waals surface area contributed by atoms with Crippen LogP contribution in [0.5, 0.6) is 0 Å². The van der Waals surface area contributed by atoms with Gasteiger partial charge in [-0.15, -0.1) is 0 Å². The Bertz CT molecular complexity index is 811. The number of anilines is 1. The lowest BCUT2D eigenvalue weighted by molar-refractivity contribution is -0.137. The summed E-state index contributed by atoms with van der Waals surface area (Å²) in [4.78, 5) is 23.8. The van der Waals surface area contributed by atoms with E-state index in [0.29, 0.717) is 3.57 Å². The lowest BCUT2D eigenvalue weighted by Crippen LogP contribution is -2.23. The summed E-state index contributed by atoms with van der Waals surface area (Å²) in [5.41, 5.74) is -1.41. The van der Waals surface area contributed by atoms with Crippen molar-refractivity contribution in [2.24, 2.45) is 0 Å². The molecule has 0 unspecified atom stereocenters. The number of carbonyl (C=O) groups excluding carboxylic acids is 2. The molecular formula is C16H10ClF3INO3. The van der Waals surface area contributed by atoms with Gasteiger partial charge in [-0.25, -0.2) is 4.79 Å². The van der Waals surface area contributed by atoms with Crippen molar-refractivity contribution in [3.63, 3.8) is 0 Å². The maximum atomic E-state index is 13.0. The van der Waals surface area contributed by atoms with Crippen LogP contribution in [0.1, 0.15) is 15.9 Å². The van der Waals surface area contributed by atoms with Gasteiger partial charge in [0.25, 0.3) is 5.91 Å². The van der Waals surface area contributed by atoms with E-state index in [0.717, 1.165) is 12.1 Å². The number of benzene rings is 2. The van der Waals surface area contributed by atoms with Gasteiger partial charge < -0.3 is 10.1 Å². The van der Waals surface area contributed by atoms with E-state index in [2.05, 4.69) is 0 Å². The summed E-state index contributed by atoms with van der Waals surface area (Å²) < 4.78 is 44.3. The minimum atomic E-state index is -4.69. The number of amides is 1. The van der Waals surface area contributed by atoms with Gasteiger partial charge in [-0.3, -0.25) is 4.79 Å². The molecule has 4 nitrogen and oxygen atoms in total. The Morgan fingerprint density at radius 1 is 1.12 bits per heavy atom. The van der Waals surface area contributed by atoms with Gasteiger partial charge in [0.15, 0.2) is 6.61 Å². The first-order chi connectivity index (χ1) is 11.7. The molecule has 1 N–H and O–H groups in total. The Hall–Kier alpha value is -1.81. The number of para-hydroxylation sites is 1. The number of hydrogen-bond acceptors (Lipinski definition) is 3. The van der Waals surface area contributed by atoms with E-state index in [1.54, 1.807) is 18.2 Å². The first-order valence-corrected chi connectivity index (χ1v) is 8.23. The molecule has 0 atom stereocenters. The number of carbonyl (C=O) groups is 2. The van der Waals surface area contributed by atoms with Crippen molar-refractivity contribution in [3.8, 4) is 0 Å². The Kier molecular flexibility index (Phi) is 6.28. The molecule has 0 bridgehead atoms. The van der Waals surface area contributed by atoms with Crippen molar-refractivity contribution in [1.82, 2.24) is 0 Å². The lowest BCUT2D eigenvalue weighted by Gasteiger charge is -2.15. The first kappa shape index (κ1) is 19.5. The SMILES string of the molecule is O=C(COC(=O)c1ccccc1I)Nc1c(Cl)cccc1C(F)(F)F. The van der Waals surface area contributed by atoms with Gasteiger partial charge in [0.05, 0.1) is 21.8 Å². The predicted molar refractivity (Wildman–Crippen MR) is 94.5 cm³/mol. The highest BCUT2D eigenvalue weighted by molar-refractivity contribution is 14.1. The van der Waals surface area contributed by atoms with Crippen LogP contribution in [0.15, 0.2) is 42.5 Å². The number of nitrogens with one attached hydrogen (secondary N) is 1. The van der Waals surface area contributed by atoms with Crippen LogP contribution in [-0.2, 0) is 15.7 Å². The summed E-state index contributed by atoms with van der Waals surface area (Å²) in [7, 11) is 0. The summed E-state index contributed by atoms with van der Waals surface area (Å²) in [6.45, 7) is -0.744. The molecule has 2 aromatic rings. The van der Waals surface area contributed by atoms with Gasteiger partial charge >= 0.3 is 12.1 Å². The largest absolute Gasteiger partial charge is 0.452 e. The predicted octanol–water partition coefficient (Wildman–Crippen LogP) is 4.76. The quantitative estimate of drug-likeness (QED) is 0.504. The normalized spacial score (nSPS) is 11.1. The van der Waals surface area contributed by atoms with Crippen LogP contribution in [0.4, 0.5) is 18.9 Å². The maximum absolute atomic E-state index is 13.0. The van der Waals surface area contributed by atoms with Crippen molar-refractivity contribution in [1.29, 1.82) is 0 Å². The van der Waals surface area contributed by atoms with Crippen molar-refractivity contribution < 1.29 is 27.5 Å². The Morgan fingerprint density at radius 3 is 2.44 bits per heavy atom. The molecule has 9 heteroatoms. The first-order valence-electron chi connectivity index (χ1n) is 6.77. The van der Waals surface area contributed by atoms with E-state index in [-0.39, 0.29) is 10.6 Å². The van der Waals surface area contributed by atoms with E-state index in [1.165, 1.54) is 12.1 Å². The molecule has 0 radical (unpaired) electrons. The van der Waals surface area contributed by atoms with E-state index >= 15 is 0 Å². The van der Waals surface area contributed by atoms with Gasteiger partial charge in [-0.2, -0.15) is 13.2 Å². The highest BCUT2D eigenvalue weighted by atomic mass is 127. The van der Waals surface area contributed by atoms with Crippen molar-refractivity contribution in [3.05, 3.63) is 62.2 Å². The van der Waals surface area contributed by atoms with E-state index < -0.39 is 35.9 Å². The molecule has 0 aliphatic rings. The summed E-state index contributed by atoms with van der Waals surface area (Å²) in [5, 5.41) is 1.77. The zero-order valence-corrected chi connectivity index (χ0v) is 15.3.